The van der Waals surface area contributed by atoms with Gasteiger partial charge in [0.2, 0.25) is 5.28 Å². The number of aromatic nitrogens is 2. The normalized spacial score (nSPS) is 19.2. The highest BCUT2D eigenvalue weighted by molar-refractivity contribution is 6.28. The Morgan fingerprint density at radius 2 is 2.23 bits per heavy atom. The second-order valence-corrected chi connectivity index (χ2v) is 3.74. The topological polar surface area (TPSA) is 27.1 Å². The molecule has 1 aromatic heterocycles. The Hall–Kier alpha value is -0.540. The van der Waals surface area contributed by atoms with Gasteiger partial charge in [-0.3, -0.25) is 0 Å². The number of imidazole rings is 1. The van der Waals surface area contributed by atoms with Crippen molar-refractivity contribution in [3.63, 3.8) is 0 Å². The summed E-state index contributed by atoms with van der Waals surface area (Å²) in [5.74, 6) is 0.568. The molecule has 4 heteroatoms. The lowest BCUT2D eigenvalue weighted by Crippen LogP contribution is -2.16. The Morgan fingerprint density at radius 1 is 1.54 bits per heavy atom. The fourth-order valence-corrected chi connectivity index (χ4v) is 1.92. The number of rotatable bonds is 1. The van der Waals surface area contributed by atoms with E-state index < -0.39 is 0 Å². The van der Waals surface area contributed by atoms with Crippen molar-refractivity contribution in [3.8, 4) is 0 Å². The van der Waals surface area contributed by atoms with Crippen molar-refractivity contribution in [2.45, 2.75) is 18.8 Å². The molecule has 0 unspecified atom stereocenters. The number of halogens is 1. The average Bonchev–Trinajstić information content (AvgIpc) is 2.49. The van der Waals surface area contributed by atoms with Gasteiger partial charge in [0.25, 0.3) is 0 Å². The van der Waals surface area contributed by atoms with E-state index in [1.165, 1.54) is 5.69 Å². The lowest BCUT2D eigenvalue weighted by Gasteiger charge is -2.22. The summed E-state index contributed by atoms with van der Waals surface area (Å²) in [6.07, 6.45) is 4.03. The maximum Gasteiger partial charge on any atom is 0.202 e. The van der Waals surface area contributed by atoms with Gasteiger partial charge < -0.3 is 9.30 Å². The first kappa shape index (κ1) is 9.03. The maximum absolute atomic E-state index is 5.87. The van der Waals surface area contributed by atoms with Crippen LogP contribution in [-0.4, -0.2) is 22.8 Å². The molecule has 2 rings (SSSR count). The second kappa shape index (κ2) is 3.68. The molecule has 3 nitrogen and oxygen atoms in total. The predicted octanol–water partition coefficient (Wildman–Crippen LogP) is 1.97. The third-order valence-electron chi connectivity index (χ3n) is 2.61. The van der Waals surface area contributed by atoms with Crippen LogP contribution >= 0.6 is 11.6 Å². The van der Waals surface area contributed by atoms with Gasteiger partial charge in [0.05, 0.1) is 6.20 Å². The van der Waals surface area contributed by atoms with Crippen LogP contribution in [0.15, 0.2) is 6.20 Å². The molecule has 0 atom stereocenters. The van der Waals surface area contributed by atoms with E-state index in [1.54, 1.807) is 0 Å². The van der Waals surface area contributed by atoms with Gasteiger partial charge >= 0.3 is 0 Å². The van der Waals surface area contributed by atoms with Gasteiger partial charge in [0.1, 0.15) is 0 Å². The number of hydrogen-bond donors (Lipinski definition) is 0. The van der Waals surface area contributed by atoms with E-state index in [-0.39, 0.29) is 0 Å². The molecule has 0 aliphatic carbocycles. The first-order valence-corrected chi connectivity index (χ1v) is 4.91. The van der Waals surface area contributed by atoms with Crippen LogP contribution in [0.1, 0.15) is 24.5 Å². The average molecular weight is 201 g/mol. The lowest BCUT2D eigenvalue weighted by atomic mass is 9.97. The molecular weight excluding hydrogens is 188 g/mol. The zero-order valence-corrected chi connectivity index (χ0v) is 8.42. The Balaban J connectivity index is 2.18. The Kier molecular flexibility index (Phi) is 2.56. The van der Waals surface area contributed by atoms with Gasteiger partial charge in [-0.2, -0.15) is 0 Å². The monoisotopic (exact) mass is 200 g/mol. The zero-order valence-electron chi connectivity index (χ0n) is 7.66. The van der Waals surface area contributed by atoms with Crippen LogP contribution in [0.25, 0.3) is 0 Å². The quantitative estimate of drug-likeness (QED) is 0.693. The van der Waals surface area contributed by atoms with E-state index in [0.29, 0.717) is 11.2 Å². The van der Waals surface area contributed by atoms with Crippen molar-refractivity contribution < 1.29 is 4.74 Å². The summed E-state index contributed by atoms with van der Waals surface area (Å²) in [5.41, 5.74) is 1.23. The highest BCUT2D eigenvalue weighted by Crippen LogP contribution is 2.27. The van der Waals surface area contributed by atoms with Crippen molar-refractivity contribution >= 4 is 11.6 Å². The highest BCUT2D eigenvalue weighted by atomic mass is 35.5. The van der Waals surface area contributed by atoms with Gasteiger partial charge in [0, 0.05) is 31.9 Å². The Morgan fingerprint density at radius 3 is 2.77 bits per heavy atom. The third-order valence-corrected chi connectivity index (χ3v) is 2.96. The fraction of sp³-hybridized carbons (Fsp3) is 0.667. The van der Waals surface area contributed by atoms with E-state index >= 15 is 0 Å². The van der Waals surface area contributed by atoms with E-state index in [9.17, 15) is 0 Å². The molecule has 1 saturated heterocycles. The van der Waals surface area contributed by atoms with Crippen LogP contribution in [0, 0.1) is 0 Å². The van der Waals surface area contributed by atoms with Crippen molar-refractivity contribution in [2.24, 2.45) is 7.05 Å². The molecule has 0 amide bonds. The molecule has 0 saturated carbocycles. The summed E-state index contributed by atoms with van der Waals surface area (Å²) in [6.45, 7) is 1.71. The molecule has 0 spiro atoms. The molecule has 0 aromatic carbocycles. The molecule has 72 valence electrons. The largest absolute Gasteiger partial charge is 0.381 e. The van der Waals surface area contributed by atoms with Gasteiger partial charge in [-0.1, -0.05) is 0 Å². The molecule has 0 bridgehead atoms. The first-order chi connectivity index (χ1) is 6.29. The van der Waals surface area contributed by atoms with E-state index in [4.69, 9.17) is 16.3 Å². The smallest absolute Gasteiger partial charge is 0.202 e. The first-order valence-electron chi connectivity index (χ1n) is 4.54. The Bertz CT molecular complexity index is 292. The molecule has 1 fully saturated rings. The van der Waals surface area contributed by atoms with E-state index in [0.717, 1.165) is 26.1 Å². The van der Waals surface area contributed by atoms with E-state index in [2.05, 4.69) is 4.98 Å². The molecule has 0 N–H and O–H groups in total. The van der Waals surface area contributed by atoms with Gasteiger partial charge in [-0.05, 0) is 24.4 Å². The molecule has 0 radical (unpaired) electrons. The summed E-state index contributed by atoms with van der Waals surface area (Å²) < 4.78 is 7.26. The van der Waals surface area contributed by atoms with Crippen LogP contribution in [0.4, 0.5) is 0 Å². The summed E-state index contributed by atoms with van der Waals surface area (Å²) in [4.78, 5) is 4.08. The van der Waals surface area contributed by atoms with Gasteiger partial charge in [-0.25, -0.2) is 4.98 Å². The van der Waals surface area contributed by atoms with Crippen molar-refractivity contribution in [1.82, 2.24) is 9.55 Å². The minimum absolute atomic E-state index is 0.568. The SMILES string of the molecule is Cn1c(C2CCOCC2)cnc1Cl. The standard InChI is InChI=1S/C9H13ClN2O/c1-12-8(6-11-9(12)10)7-2-4-13-5-3-7/h6-7H,2-5H2,1H3. The minimum atomic E-state index is 0.568. The number of nitrogens with zero attached hydrogens (tertiary/aromatic N) is 2. The molecule has 1 aromatic rings. The zero-order chi connectivity index (χ0) is 9.26. The molecular formula is C9H13ClN2O. The summed E-state index contributed by atoms with van der Waals surface area (Å²) in [7, 11) is 1.96. The van der Waals surface area contributed by atoms with Gasteiger partial charge in [0.15, 0.2) is 0 Å². The second-order valence-electron chi connectivity index (χ2n) is 3.40. The lowest BCUT2D eigenvalue weighted by molar-refractivity contribution is 0.0839. The van der Waals surface area contributed by atoms with Crippen LogP contribution in [0.2, 0.25) is 5.28 Å². The van der Waals surface area contributed by atoms with Crippen LogP contribution in [-0.2, 0) is 11.8 Å². The van der Waals surface area contributed by atoms with Crippen LogP contribution < -0.4 is 0 Å². The summed E-state index contributed by atoms with van der Waals surface area (Å²) >= 11 is 5.87. The minimum Gasteiger partial charge on any atom is -0.381 e. The number of hydrogen-bond acceptors (Lipinski definition) is 2. The molecule has 13 heavy (non-hydrogen) atoms. The molecule has 1 aliphatic rings. The fourth-order valence-electron chi connectivity index (χ4n) is 1.77. The van der Waals surface area contributed by atoms with Crippen molar-refractivity contribution in [1.29, 1.82) is 0 Å². The maximum atomic E-state index is 5.87. The third kappa shape index (κ3) is 1.71. The summed E-state index contributed by atoms with van der Waals surface area (Å²) in [5, 5.41) is 0.571. The Labute approximate surface area is 82.7 Å². The van der Waals surface area contributed by atoms with E-state index in [1.807, 2.05) is 17.8 Å². The molecule has 2 heterocycles. The molecule has 1 aliphatic heterocycles. The highest BCUT2D eigenvalue weighted by Gasteiger charge is 2.19. The van der Waals surface area contributed by atoms with Crippen molar-refractivity contribution in [3.05, 3.63) is 17.2 Å². The van der Waals surface area contributed by atoms with Crippen LogP contribution in [0.5, 0.6) is 0 Å². The van der Waals surface area contributed by atoms with Crippen LogP contribution in [0.3, 0.4) is 0 Å². The van der Waals surface area contributed by atoms with Gasteiger partial charge in [-0.15, -0.1) is 0 Å². The van der Waals surface area contributed by atoms with Crippen molar-refractivity contribution in [2.75, 3.05) is 13.2 Å². The predicted molar refractivity (Wildman–Crippen MR) is 51.0 cm³/mol. The number of ether oxygens (including phenoxy) is 1. The summed E-state index contributed by atoms with van der Waals surface area (Å²) in [6, 6.07) is 0.